The minimum absolute atomic E-state index is 0.319. The van der Waals surface area contributed by atoms with Gasteiger partial charge in [-0.15, -0.1) is 5.10 Å². The van der Waals surface area contributed by atoms with Crippen LogP contribution in [-0.4, -0.2) is 26.2 Å². The average Bonchev–Trinajstić information content (AvgIpc) is 2.46. The summed E-state index contributed by atoms with van der Waals surface area (Å²) in [6.07, 6.45) is 4.43. The Morgan fingerprint density at radius 1 is 1.64 bits per heavy atom. The molecule has 1 unspecified atom stereocenters. The number of allylic oxidation sites excluding steroid dienone is 1. The summed E-state index contributed by atoms with van der Waals surface area (Å²) in [7, 11) is 1.86. The number of halogens is 1. The van der Waals surface area contributed by atoms with E-state index in [4.69, 9.17) is 0 Å². The van der Waals surface area contributed by atoms with Gasteiger partial charge in [0.1, 0.15) is 0 Å². The number of rotatable bonds is 1. The highest BCUT2D eigenvalue weighted by Crippen LogP contribution is 2.29. The van der Waals surface area contributed by atoms with Crippen molar-refractivity contribution in [2.24, 2.45) is 7.05 Å². The third-order valence-corrected chi connectivity index (χ3v) is 2.96. The van der Waals surface area contributed by atoms with Crippen molar-refractivity contribution in [3.63, 3.8) is 0 Å². The van der Waals surface area contributed by atoms with Gasteiger partial charge >= 0.3 is 0 Å². The molecule has 2 rings (SSSR count). The molecule has 0 aliphatic heterocycles. The molecule has 1 heterocycles. The van der Waals surface area contributed by atoms with Gasteiger partial charge in [-0.3, -0.25) is 0 Å². The molecule has 1 N–H and O–H groups in total. The first-order valence-corrected chi connectivity index (χ1v) is 5.42. The zero-order valence-corrected chi connectivity index (χ0v) is 9.53. The van der Waals surface area contributed by atoms with Crippen molar-refractivity contribution < 1.29 is 5.11 Å². The van der Waals surface area contributed by atoms with E-state index >= 15 is 0 Å². The molecule has 0 spiro atoms. The SMILES string of the molecule is Cn1nnc(Br)c1C1=CC(O)CCC1. The van der Waals surface area contributed by atoms with Crippen molar-refractivity contribution in [2.75, 3.05) is 0 Å². The van der Waals surface area contributed by atoms with Gasteiger partial charge in [0.15, 0.2) is 4.60 Å². The number of aliphatic hydroxyl groups is 1. The quantitative estimate of drug-likeness (QED) is 0.830. The lowest BCUT2D eigenvalue weighted by Gasteiger charge is -2.16. The van der Waals surface area contributed by atoms with Crippen LogP contribution < -0.4 is 0 Å². The standard InChI is InChI=1S/C9H12BrN3O/c1-13-8(9(10)11-12-13)6-3-2-4-7(14)5-6/h5,7,14H,2-4H2,1H3. The third-order valence-electron chi connectivity index (χ3n) is 2.43. The molecule has 76 valence electrons. The van der Waals surface area contributed by atoms with E-state index in [-0.39, 0.29) is 6.10 Å². The highest BCUT2D eigenvalue weighted by atomic mass is 79.9. The Morgan fingerprint density at radius 2 is 2.43 bits per heavy atom. The van der Waals surface area contributed by atoms with E-state index in [9.17, 15) is 5.11 Å². The molecule has 0 aromatic carbocycles. The molecule has 0 saturated heterocycles. The van der Waals surface area contributed by atoms with E-state index in [2.05, 4.69) is 26.2 Å². The summed E-state index contributed by atoms with van der Waals surface area (Å²) in [5.74, 6) is 0. The molecular formula is C9H12BrN3O. The highest BCUT2D eigenvalue weighted by molar-refractivity contribution is 9.10. The first-order chi connectivity index (χ1) is 6.68. The lowest BCUT2D eigenvalue weighted by atomic mass is 9.95. The normalized spacial score (nSPS) is 22.2. The molecule has 14 heavy (non-hydrogen) atoms. The molecule has 5 heteroatoms. The van der Waals surface area contributed by atoms with Crippen LogP contribution in [0.25, 0.3) is 5.57 Å². The summed E-state index contributed by atoms with van der Waals surface area (Å²) in [4.78, 5) is 0. The number of aliphatic hydroxyl groups excluding tert-OH is 1. The summed E-state index contributed by atoms with van der Waals surface area (Å²) >= 11 is 3.36. The van der Waals surface area contributed by atoms with E-state index in [0.717, 1.165) is 35.1 Å². The second-order valence-corrected chi connectivity index (χ2v) is 4.26. The molecule has 0 radical (unpaired) electrons. The lowest BCUT2D eigenvalue weighted by molar-refractivity contribution is 0.206. The van der Waals surface area contributed by atoms with Crippen molar-refractivity contribution in [2.45, 2.75) is 25.4 Å². The largest absolute Gasteiger partial charge is 0.389 e. The first kappa shape index (κ1) is 9.86. The van der Waals surface area contributed by atoms with Crippen LogP contribution in [-0.2, 0) is 7.05 Å². The van der Waals surface area contributed by atoms with E-state index in [1.807, 2.05) is 13.1 Å². The van der Waals surface area contributed by atoms with Crippen LogP contribution in [0.5, 0.6) is 0 Å². The van der Waals surface area contributed by atoms with Crippen molar-refractivity contribution in [1.29, 1.82) is 0 Å². The van der Waals surface area contributed by atoms with Gasteiger partial charge in [0.25, 0.3) is 0 Å². The fraction of sp³-hybridized carbons (Fsp3) is 0.556. The van der Waals surface area contributed by atoms with E-state index in [1.54, 1.807) is 4.68 Å². The lowest BCUT2D eigenvalue weighted by Crippen LogP contribution is -2.10. The summed E-state index contributed by atoms with van der Waals surface area (Å²) in [5.41, 5.74) is 2.10. The Kier molecular flexibility index (Phi) is 2.69. The Labute approximate surface area is 90.7 Å². The predicted octanol–water partition coefficient (Wildman–Crippen LogP) is 1.51. The van der Waals surface area contributed by atoms with Gasteiger partial charge in [-0.1, -0.05) is 11.3 Å². The molecule has 0 fully saturated rings. The monoisotopic (exact) mass is 257 g/mol. The Balaban J connectivity index is 2.39. The second kappa shape index (κ2) is 3.82. The number of aryl methyl sites for hydroxylation is 1. The first-order valence-electron chi connectivity index (χ1n) is 4.63. The van der Waals surface area contributed by atoms with Crippen LogP contribution in [0.3, 0.4) is 0 Å². The topological polar surface area (TPSA) is 50.9 Å². The Bertz CT molecular complexity index is 353. The van der Waals surface area contributed by atoms with Gasteiger partial charge < -0.3 is 5.11 Å². The molecule has 1 aromatic rings. The number of hydrogen-bond acceptors (Lipinski definition) is 3. The van der Waals surface area contributed by atoms with Gasteiger partial charge in [0, 0.05) is 7.05 Å². The van der Waals surface area contributed by atoms with E-state index < -0.39 is 0 Å². The Hall–Kier alpha value is -0.680. The fourth-order valence-corrected chi connectivity index (χ4v) is 2.35. The Morgan fingerprint density at radius 3 is 3.00 bits per heavy atom. The maximum absolute atomic E-state index is 9.52. The molecule has 1 atom stereocenters. The van der Waals surface area contributed by atoms with Crippen LogP contribution in [0, 0.1) is 0 Å². The smallest absolute Gasteiger partial charge is 0.155 e. The second-order valence-electron chi connectivity index (χ2n) is 3.50. The van der Waals surface area contributed by atoms with Crippen LogP contribution in [0.2, 0.25) is 0 Å². The summed E-state index contributed by atoms with van der Waals surface area (Å²) in [5, 5.41) is 17.4. The van der Waals surface area contributed by atoms with Gasteiger partial charge in [0.2, 0.25) is 0 Å². The molecule has 4 nitrogen and oxygen atoms in total. The molecule has 0 amide bonds. The van der Waals surface area contributed by atoms with Gasteiger partial charge in [-0.25, -0.2) is 4.68 Å². The minimum Gasteiger partial charge on any atom is -0.389 e. The van der Waals surface area contributed by atoms with E-state index in [1.165, 1.54) is 0 Å². The van der Waals surface area contributed by atoms with Crippen molar-refractivity contribution in [1.82, 2.24) is 15.0 Å². The molecule has 1 aromatic heterocycles. The zero-order valence-electron chi connectivity index (χ0n) is 7.94. The highest BCUT2D eigenvalue weighted by Gasteiger charge is 2.18. The predicted molar refractivity (Wildman–Crippen MR) is 56.5 cm³/mol. The van der Waals surface area contributed by atoms with Gasteiger partial charge in [-0.05, 0) is 40.8 Å². The van der Waals surface area contributed by atoms with Crippen LogP contribution in [0.1, 0.15) is 25.0 Å². The molecule has 1 aliphatic rings. The average molecular weight is 258 g/mol. The van der Waals surface area contributed by atoms with Crippen LogP contribution in [0.15, 0.2) is 10.7 Å². The van der Waals surface area contributed by atoms with Crippen LogP contribution >= 0.6 is 15.9 Å². The molecule has 0 bridgehead atoms. The molecular weight excluding hydrogens is 246 g/mol. The number of hydrogen-bond donors (Lipinski definition) is 1. The van der Waals surface area contributed by atoms with Gasteiger partial charge in [-0.2, -0.15) is 0 Å². The number of aromatic nitrogens is 3. The molecule has 0 saturated carbocycles. The van der Waals surface area contributed by atoms with Gasteiger partial charge in [0.05, 0.1) is 11.8 Å². The third kappa shape index (κ3) is 1.74. The van der Waals surface area contributed by atoms with Crippen molar-refractivity contribution >= 4 is 21.5 Å². The minimum atomic E-state index is -0.319. The summed E-state index contributed by atoms with van der Waals surface area (Å²) < 4.78 is 2.48. The summed E-state index contributed by atoms with van der Waals surface area (Å²) in [6.45, 7) is 0. The molecule has 1 aliphatic carbocycles. The summed E-state index contributed by atoms with van der Waals surface area (Å²) in [6, 6.07) is 0. The maximum Gasteiger partial charge on any atom is 0.155 e. The van der Waals surface area contributed by atoms with Crippen LogP contribution in [0.4, 0.5) is 0 Å². The van der Waals surface area contributed by atoms with Crippen molar-refractivity contribution in [3.8, 4) is 0 Å². The maximum atomic E-state index is 9.52. The van der Waals surface area contributed by atoms with E-state index in [0.29, 0.717) is 0 Å². The number of nitrogens with zero attached hydrogens (tertiary/aromatic N) is 3. The zero-order chi connectivity index (χ0) is 10.1. The van der Waals surface area contributed by atoms with Crippen molar-refractivity contribution in [3.05, 3.63) is 16.4 Å². The fourth-order valence-electron chi connectivity index (χ4n) is 1.77.